The van der Waals surface area contributed by atoms with Crippen molar-refractivity contribution in [3.63, 3.8) is 0 Å². The van der Waals surface area contributed by atoms with E-state index in [0.717, 1.165) is 56.8 Å². The molecule has 4 rings (SSSR count). The Bertz CT molecular complexity index is 949. The molecule has 178 valence electrons. The summed E-state index contributed by atoms with van der Waals surface area (Å²) in [5.74, 6) is 0.738. The molecule has 0 saturated carbocycles. The Labute approximate surface area is 203 Å². The van der Waals surface area contributed by atoms with E-state index in [-0.39, 0.29) is 12.0 Å². The van der Waals surface area contributed by atoms with Crippen LogP contribution in [0.25, 0.3) is 0 Å². The molecule has 0 unspecified atom stereocenters. The average molecular weight is 470 g/mol. The van der Waals surface area contributed by atoms with E-state index in [9.17, 15) is 4.79 Å². The van der Waals surface area contributed by atoms with Gasteiger partial charge in [-0.3, -0.25) is 14.7 Å². The second-order valence-electron chi connectivity index (χ2n) is 10.2. The van der Waals surface area contributed by atoms with Crippen molar-refractivity contribution >= 4 is 17.5 Å². The topological polar surface area (TPSA) is 45.7 Å². The summed E-state index contributed by atoms with van der Waals surface area (Å²) in [5.41, 5.74) is 3.01. The average Bonchev–Trinajstić information content (AvgIpc) is 2.79. The van der Waals surface area contributed by atoms with E-state index in [1.807, 2.05) is 41.4 Å². The summed E-state index contributed by atoms with van der Waals surface area (Å²) in [6.45, 7) is 11.0. The number of aryl methyl sites for hydroxylation is 1. The minimum absolute atomic E-state index is 0.0638. The van der Waals surface area contributed by atoms with Crippen LogP contribution >= 0.6 is 11.6 Å². The maximum atomic E-state index is 13.9. The lowest BCUT2D eigenvalue weighted by molar-refractivity contribution is -0.162. The van der Waals surface area contributed by atoms with Gasteiger partial charge in [-0.2, -0.15) is 0 Å². The summed E-state index contributed by atoms with van der Waals surface area (Å²) >= 11 is 6.08. The van der Waals surface area contributed by atoms with Crippen LogP contribution in [0.1, 0.15) is 49.9 Å². The van der Waals surface area contributed by atoms with Gasteiger partial charge in [0.2, 0.25) is 5.91 Å². The number of nitrogens with zero attached hydrogens (tertiary/aromatic N) is 3. The quantitative estimate of drug-likeness (QED) is 0.566. The van der Waals surface area contributed by atoms with Crippen LogP contribution in [0, 0.1) is 18.3 Å². The summed E-state index contributed by atoms with van der Waals surface area (Å²) in [4.78, 5) is 23.0. The largest absolute Gasteiger partial charge is 0.376 e. The maximum Gasteiger partial charge on any atom is 0.230 e. The standard InChI is InChI=1S/C27H36ClN3O2/c1-20(2)18-33-24-14-27(26(32)31(16-24)15-22-7-9-23(28)10-8-22)11-5-13-30(19-27)17-25-21(3)6-4-12-29-25/h4,6-10,12,20,24H,5,11,13-19H2,1-3H3/t24-,27+/m0/s1. The van der Waals surface area contributed by atoms with Crippen LogP contribution in [0.15, 0.2) is 42.6 Å². The van der Waals surface area contributed by atoms with E-state index >= 15 is 0 Å². The van der Waals surface area contributed by atoms with Crippen molar-refractivity contribution in [2.24, 2.45) is 11.3 Å². The molecule has 33 heavy (non-hydrogen) atoms. The Balaban J connectivity index is 1.54. The number of ether oxygens (including phenoxy) is 1. The zero-order valence-electron chi connectivity index (χ0n) is 20.1. The summed E-state index contributed by atoms with van der Waals surface area (Å²) in [6.07, 6.45) is 4.66. The molecule has 6 heteroatoms. The number of hydrogen-bond acceptors (Lipinski definition) is 4. The normalized spacial score (nSPS) is 24.1. The second kappa shape index (κ2) is 10.5. The molecule has 1 amide bonds. The van der Waals surface area contributed by atoms with E-state index in [4.69, 9.17) is 16.3 Å². The van der Waals surface area contributed by atoms with Gasteiger partial charge in [0.05, 0.1) is 17.2 Å². The number of amides is 1. The van der Waals surface area contributed by atoms with Crippen LogP contribution in [-0.2, 0) is 22.6 Å². The van der Waals surface area contributed by atoms with Crippen molar-refractivity contribution in [3.05, 3.63) is 64.4 Å². The van der Waals surface area contributed by atoms with Crippen LogP contribution in [0.5, 0.6) is 0 Å². The molecule has 2 aromatic rings. The fourth-order valence-electron chi connectivity index (χ4n) is 5.24. The molecule has 1 aromatic carbocycles. The van der Waals surface area contributed by atoms with Crippen LogP contribution in [0.3, 0.4) is 0 Å². The van der Waals surface area contributed by atoms with Crippen molar-refractivity contribution in [2.75, 3.05) is 26.2 Å². The zero-order valence-corrected chi connectivity index (χ0v) is 20.9. The second-order valence-corrected chi connectivity index (χ2v) is 10.7. The lowest BCUT2D eigenvalue weighted by Crippen LogP contribution is -2.59. The van der Waals surface area contributed by atoms with Crippen LogP contribution in [0.4, 0.5) is 0 Å². The van der Waals surface area contributed by atoms with Crippen molar-refractivity contribution in [3.8, 4) is 0 Å². The molecule has 0 N–H and O–H groups in total. The van der Waals surface area contributed by atoms with Gasteiger partial charge in [-0.15, -0.1) is 0 Å². The first-order chi connectivity index (χ1) is 15.8. The number of halogens is 1. The van der Waals surface area contributed by atoms with Gasteiger partial charge >= 0.3 is 0 Å². The molecule has 0 aliphatic carbocycles. The Kier molecular flexibility index (Phi) is 7.72. The van der Waals surface area contributed by atoms with Crippen LogP contribution in [-0.4, -0.2) is 53.0 Å². The minimum Gasteiger partial charge on any atom is -0.376 e. The van der Waals surface area contributed by atoms with Crippen molar-refractivity contribution in [2.45, 2.75) is 59.2 Å². The van der Waals surface area contributed by atoms with Crippen molar-refractivity contribution < 1.29 is 9.53 Å². The monoisotopic (exact) mass is 469 g/mol. The number of carbonyl (C=O) groups excluding carboxylic acids is 1. The van der Waals surface area contributed by atoms with Gasteiger partial charge in [-0.25, -0.2) is 0 Å². The predicted molar refractivity (Wildman–Crippen MR) is 132 cm³/mol. The number of likely N-dealkylation sites (tertiary alicyclic amines) is 2. The summed E-state index contributed by atoms with van der Waals surface area (Å²) in [6, 6.07) is 11.9. The Morgan fingerprint density at radius 1 is 1.21 bits per heavy atom. The lowest BCUT2D eigenvalue weighted by atomic mass is 9.72. The molecule has 5 nitrogen and oxygen atoms in total. The molecule has 2 atom stereocenters. The van der Waals surface area contributed by atoms with Gasteiger partial charge < -0.3 is 9.64 Å². The van der Waals surface area contributed by atoms with Crippen LogP contribution < -0.4 is 0 Å². The third kappa shape index (κ3) is 5.95. The van der Waals surface area contributed by atoms with Crippen LogP contribution in [0.2, 0.25) is 5.02 Å². The van der Waals surface area contributed by atoms with Gasteiger partial charge in [0.15, 0.2) is 0 Å². The molecule has 1 spiro atoms. The summed E-state index contributed by atoms with van der Waals surface area (Å²) in [5, 5.41) is 0.714. The van der Waals surface area contributed by atoms with E-state index in [0.29, 0.717) is 24.0 Å². The lowest BCUT2D eigenvalue weighted by Gasteiger charge is -2.49. The number of aromatic nitrogens is 1. The smallest absolute Gasteiger partial charge is 0.230 e. The van der Waals surface area contributed by atoms with Gasteiger partial charge in [-0.05, 0) is 68.0 Å². The van der Waals surface area contributed by atoms with Crippen molar-refractivity contribution in [1.82, 2.24) is 14.8 Å². The van der Waals surface area contributed by atoms with Gasteiger partial charge in [0.1, 0.15) is 0 Å². The first-order valence-corrected chi connectivity index (χ1v) is 12.5. The Morgan fingerprint density at radius 2 is 2.00 bits per heavy atom. The van der Waals surface area contributed by atoms with E-state index in [1.165, 1.54) is 5.56 Å². The van der Waals surface area contributed by atoms with E-state index < -0.39 is 5.41 Å². The highest BCUT2D eigenvalue weighted by molar-refractivity contribution is 6.30. The molecular formula is C27H36ClN3O2. The van der Waals surface area contributed by atoms with E-state index in [1.54, 1.807) is 0 Å². The fraction of sp³-hybridized carbons (Fsp3) is 0.556. The molecular weight excluding hydrogens is 434 g/mol. The number of hydrogen-bond donors (Lipinski definition) is 0. The number of benzene rings is 1. The molecule has 2 aliphatic rings. The summed E-state index contributed by atoms with van der Waals surface area (Å²) in [7, 11) is 0. The third-order valence-electron chi connectivity index (χ3n) is 6.88. The first kappa shape index (κ1) is 24.2. The molecule has 2 fully saturated rings. The highest BCUT2D eigenvalue weighted by atomic mass is 35.5. The number of piperidine rings is 2. The predicted octanol–water partition coefficient (Wildman–Crippen LogP) is 5.10. The number of rotatable bonds is 7. The SMILES string of the molecule is Cc1cccnc1CN1CCC[C@@]2(C[C@H](OCC(C)C)CN(Cc3ccc(Cl)cc3)C2=O)C1. The van der Waals surface area contributed by atoms with E-state index in [2.05, 4.69) is 36.7 Å². The Hall–Kier alpha value is -1.95. The highest BCUT2D eigenvalue weighted by Crippen LogP contribution is 2.41. The molecule has 1 aromatic heterocycles. The molecule has 0 bridgehead atoms. The zero-order chi connectivity index (χ0) is 23.4. The number of carbonyl (C=O) groups is 1. The number of pyridine rings is 1. The molecule has 3 heterocycles. The molecule has 0 radical (unpaired) electrons. The Morgan fingerprint density at radius 3 is 2.73 bits per heavy atom. The van der Waals surface area contributed by atoms with Gasteiger partial charge in [-0.1, -0.05) is 43.6 Å². The van der Waals surface area contributed by atoms with Crippen molar-refractivity contribution in [1.29, 1.82) is 0 Å². The maximum absolute atomic E-state index is 13.9. The fourth-order valence-corrected chi connectivity index (χ4v) is 5.36. The first-order valence-electron chi connectivity index (χ1n) is 12.1. The highest BCUT2D eigenvalue weighted by Gasteiger charge is 2.49. The summed E-state index contributed by atoms with van der Waals surface area (Å²) < 4.78 is 6.33. The van der Waals surface area contributed by atoms with Gasteiger partial charge in [0.25, 0.3) is 0 Å². The molecule has 2 saturated heterocycles. The minimum atomic E-state index is -0.396. The third-order valence-corrected chi connectivity index (χ3v) is 7.13. The van der Waals surface area contributed by atoms with Gasteiger partial charge in [0, 0.05) is 44.0 Å². The molecule has 2 aliphatic heterocycles.